The first-order valence-electron chi connectivity index (χ1n) is 8.85. The van der Waals surface area contributed by atoms with Crippen LogP contribution in [0.15, 0.2) is 18.2 Å². The van der Waals surface area contributed by atoms with Gasteiger partial charge in [0.1, 0.15) is 5.75 Å². The third-order valence-electron chi connectivity index (χ3n) is 4.72. The van der Waals surface area contributed by atoms with E-state index in [1.165, 1.54) is 0 Å². The molecule has 1 aromatic rings. The van der Waals surface area contributed by atoms with E-state index in [-0.39, 0.29) is 11.9 Å². The van der Waals surface area contributed by atoms with E-state index in [1.807, 2.05) is 25.1 Å². The highest BCUT2D eigenvalue weighted by Gasteiger charge is 2.19. The number of ether oxygens (including phenoxy) is 1. The molecule has 1 atom stereocenters. The minimum atomic E-state index is 0.0693. The van der Waals surface area contributed by atoms with E-state index in [4.69, 9.17) is 4.74 Å². The number of nitrogens with zero attached hydrogens (tertiary/aromatic N) is 2. The van der Waals surface area contributed by atoms with Crippen LogP contribution in [0.1, 0.15) is 24.5 Å². The molecule has 0 saturated carbocycles. The average molecular weight is 333 g/mol. The molecular formula is C19H31N3O2. The highest BCUT2D eigenvalue weighted by atomic mass is 16.5. The molecule has 24 heavy (non-hydrogen) atoms. The van der Waals surface area contributed by atoms with E-state index >= 15 is 0 Å². The molecule has 5 heteroatoms. The molecule has 0 bridgehead atoms. The minimum Gasteiger partial charge on any atom is -0.496 e. The number of likely N-dealkylation sites (N-methyl/N-ethyl adjacent to an activating group) is 1. The summed E-state index contributed by atoms with van der Waals surface area (Å²) >= 11 is 0. The van der Waals surface area contributed by atoms with Crippen molar-refractivity contribution in [3.63, 3.8) is 0 Å². The van der Waals surface area contributed by atoms with Gasteiger partial charge in [-0.1, -0.05) is 24.6 Å². The molecule has 0 aliphatic carbocycles. The van der Waals surface area contributed by atoms with Crippen molar-refractivity contribution >= 4 is 5.91 Å². The zero-order chi connectivity index (χ0) is 17.5. The van der Waals surface area contributed by atoms with Crippen molar-refractivity contribution in [2.75, 3.05) is 46.9 Å². The summed E-state index contributed by atoms with van der Waals surface area (Å²) in [6.07, 6.45) is 1.31. The lowest BCUT2D eigenvalue weighted by molar-refractivity contribution is -0.121. The van der Waals surface area contributed by atoms with Gasteiger partial charge >= 0.3 is 0 Å². The van der Waals surface area contributed by atoms with Crippen LogP contribution in [0, 0.1) is 6.92 Å². The molecule has 0 spiro atoms. The Morgan fingerprint density at radius 2 is 2.00 bits per heavy atom. The first-order valence-corrected chi connectivity index (χ1v) is 8.85. The van der Waals surface area contributed by atoms with Gasteiger partial charge < -0.3 is 15.0 Å². The van der Waals surface area contributed by atoms with Crippen molar-refractivity contribution in [1.29, 1.82) is 0 Å². The summed E-state index contributed by atoms with van der Waals surface area (Å²) in [6, 6.07) is 6.17. The molecule has 0 radical (unpaired) electrons. The van der Waals surface area contributed by atoms with Crippen molar-refractivity contribution in [1.82, 2.24) is 15.1 Å². The Labute approximate surface area is 146 Å². The van der Waals surface area contributed by atoms with E-state index in [1.54, 1.807) is 7.11 Å². The maximum absolute atomic E-state index is 12.5. The van der Waals surface area contributed by atoms with Crippen LogP contribution in [0.4, 0.5) is 0 Å². The van der Waals surface area contributed by atoms with Crippen molar-refractivity contribution < 1.29 is 9.53 Å². The molecule has 2 rings (SSSR count). The Hall–Kier alpha value is -1.59. The van der Waals surface area contributed by atoms with Gasteiger partial charge in [-0.05, 0) is 26.5 Å². The third-order valence-corrected chi connectivity index (χ3v) is 4.72. The number of piperazine rings is 1. The minimum absolute atomic E-state index is 0.0693. The lowest BCUT2D eigenvalue weighted by Gasteiger charge is -2.34. The highest BCUT2D eigenvalue weighted by molar-refractivity contribution is 5.79. The van der Waals surface area contributed by atoms with Crippen molar-refractivity contribution in [2.45, 2.75) is 32.7 Å². The normalized spacial score (nSPS) is 17.5. The van der Waals surface area contributed by atoms with Crippen molar-refractivity contribution in [2.24, 2.45) is 0 Å². The van der Waals surface area contributed by atoms with Crippen molar-refractivity contribution in [3.05, 3.63) is 29.3 Å². The zero-order valence-electron chi connectivity index (χ0n) is 15.5. The van der Waals surface area contributed by atoms with Gasteiger partial charge in [0, 0.05) is 44.3 Å². The summed E-state index contributed by atoms with van der Waals surface area (Å²) in [6.45, 7) is 9.46. The van der Waals surface area contributed by atoms with Crippen LogP contribution in [0.25, 0.3) is 0 Å². The van der Waals surface area contributed by atoms with Crippen molar-refractivity contribution in [3.8, 4) is 5.75 Å². The lowest BCUT2D eigenvalue weighted by Crippen LogP contribution is -2.50. The van der Waals surface area contributed by atoms with E-state index in [9.17, 15) is 4.79 Å². The maximum Gasteiger partial charge on any atom is 0.224 e. The second-order valence-corrected chi connectivity index (χ2v) is 6.77. The number of rotatable bonds is 7. The average Bonchev–Trinajstić information content (AvgIpc) is 2.56. The van der Waals surface area contributed by atoms with Gasteiger partial charge in [0.15, 0.2) is 0 Å². The molecule has 1 aliphatic heterocycles. The molecular weight excluding hydrogens is 302 g/mol. The number of benzene rings is 1. The Morgan fingerprint density at radius 3 is 2.62 bits per heavy atom. The lowest BCUT2D eigenvalue weighted by atomic mass is 10.1. The Balaban J connectivity index is 1.89. The van der Waals surface area contributed by atoms with Crippen LogP contribution in [0.2, 0.25) is 0 Å². The standard InChI is InChI=1S/C19H31N3O2/c1-5-17(14-22-10-8-21(3)9-11-22)20-19(23)13-16-12-15(2)6-7-18(16)24-4/h6-7,12,17H,5,8-11,13-14H2,1-4H3,(H,20,23)/t17-/m1/s1. The van der Waals surface area contributed by atoms with Crippen LogP contribution in [0.3, 0.4) is 0 Å². The summed E-state index contributed by atoms with van der Waals surface area (Å²) in [7, 11) is 3.81. The van der Waals surface area contributed by atoms with Crippen LogP contribution in [-0.2, 0) is 11.2 Å². The SMILES string of the molecule is CC[C@H](CN1CCN(C)CC1)NC(=O)Cc1cc(C)ccc1OC. The second-order valence-electron chi connectivity index (χ2n) is 6.77. The first-order chi connectivity index (χ1) is 11.5. The Kier molecular flexibility index (Phi) is 7.06. The monoisotopic (exact) mass is 333 g/mol. The predicted octanol–water partition coefficient (Wildman–Crippen LogP) is 1.69. The molecule has 0 unspecified atom stereocenters. The molecule has 1 saturated heterocycles. The molecule has 1 aliphatic rings. The van der Waals surface area contributed by atoms with Gasteiger partial charge in [-0.25, -0.2) is 0 Å². The summed E-state index contributed by atoms with van der Waals surface area (Å²) in [5.41, 5.74) is 2.09. The predicted molar refractivity (Wildman–Crippen MR) is 97.6 cm³/mol. The molecule has 0 aromatic heterocycles. The number of carbonyl (C=O) groups excluding carboxylic acids is 1. The van der Waals surface area contributed by atoms with E-state index in [2.05, 4.69) is 29.1 Å². The smallest absolute Gasteiger partial charge is 0.224 e. The molecule has 1 amide bonds. The highest BCUT2D eigenvalue weighted by Crippen LogP contribution is 2.20. The van der Waals surface area contributed by atoms with E-state index in [0.717, 1.165) is 56.0 Å². The summed E-state index contributed by atoms with van der Waals surface area (Å²) in [5, 5.41) is 3.19. The third kappa shape index (κ3) is 5.49. The fourth-order valence-electron chi connectivity index (χ4n) is 3.12. The zero-order valence-corrected chi connectivity index (χ0v) is 15.5. The summed E-state index contributed by atoms with van der Waals surface area (Å²) in [5.74, 6) is 0.850. The van der Waals surface area contributed by atoms with E-state index < -0.39 is 0 Å². The van der Waals surface area contributed by atoms with Gasteiger partial charge in [0.25, 0.3) is 0 Å². The summed E-state index contributed by atoms with van der Waals surface area (Å²) in [4.78, 5) is 17.3. The number of hydrogen-bond donors (Lipinski definition) is 1. The van der Waals surface area contributed by atoms with Gasteiger partial charge in [-0.3, -0.25) is 9.69 Å². The van der Waals surface area contributed by atoms with Gasteiger partial charge in [-0.15, -0.1) is 0 Å². The molecule has 1 heterocycles. The fraction of sp³-hybridized carbons (Fsp3) is 0.632. The quantitative estimate of drug-likeness (QED) is 0.825. The second kappa shape index (κ2) is 9.04. The van der Waals surface area contributed by atoms with Gasteiger partial charge in [0.2, 0.25) is 5.91 Å². The van der Waals surface area contributed by atoms with Crippen LogP contribution in [0.5, 0.6) is 5.75 Å². The number of nitrogens with one attached hydrogen (secondary N) is 1. The number of aryl methyl sites for hydroxylation is 1. The van der Waals surface area contributed by atoms with Gasteiger partial charge in [-0.2, -0.15) is 0 Å². The van der Waals surface area contributed by atoms with Crippen LogP contribution >= 0.6 is 0 Å². The Morgan fingerprint density at radius 1 is 1.29 bits per heavy atom. The molecule has 134 valence electrons. The van der Waals surface area contributed by atoms with Gasteiger partial charge in [0.05, 0.1) is 13.5 Å². The number of amides is 1. The molecule has 1 aromatic carbocycles. The number of carbonyl (C=O) groups is 1. The first kappa shape index (κ1) is 18.7. The largest absolute Gasteiger partial charge is 0.496 e. The topological polar surface area (TPSA) is 44.8 Å². The molecule has 1 fully saturated rings. The number of hydrogen-bond acceptors (Lipinski definition) is 4. The molecule has 1 N–H and O–H groups in total. The maximum atomic E-state index is 12.5. The Bertz CT molecular complexity index is 539. The number of methoxy groups -OCH3 is 1. The van der Waals surface area contributed by atoms with Crippen LogP contribution < -0.4 is 10.1 Å². The molecule has 5 nitrogen and oxygen atoms in total. The summed E-state index contributed by atoms with van der Waals surface area (Å²) < 4.78 is 5.37. The fourth-order valence-corrected chi connectivity index (χ4v) is 3.12. The van der Waals surface area contributed by atoms with Crippen LogP contribution in [-0.4, -0.2) is 68.6 Å². The van der Waals surface area contributed by atoms with E-state index in [0.29, 0.717) is 6.42 Å².